The van der Waals surface area contributed by atoms with Crippen LogP contribution >= 0.6 is 0 Å². The zero-order valence-electron chi connectivity index (χ0n) is 11.5. The highest BCUT2D eigenvalue weighted by Gasteiger charge is 2.16. The van der Waals surface area contributed by atoms with Crippen LogP contribution in [0.15, 0.2) is 60.0 Å². The lowest BCUT2D eigenvalue weighted by atomic mass is 10.2. The van der Waals surface area contributed by atoms with Gasteiger partial charge in [0.2, 0.25) is 0 Å². The molecule has 0 fully saturated rings. The van der Waals surface area contributed by atoms with Crippen molar-refractivity contribution >= 4 is 27.1 Å². The Hall–Kier alpha value is -2.40. The van der Waals surface area contributed by atoms with E-state index in [1.165, 1.54) is 9.38 Å². The lowest BCUT2D eigenvalue weighted by Gasteiger charge is -2.04. The molecule has 0 aliphatic rings. The van der Waals surface area contributed by atoms with Gasteiger partial charge in [-0.3, -0.25) is 0 Å². The zero-order valence-corrected chi connectivity index (χ0v) is 12.3. The summed E-state index contributed by atoms with van der Waals surface area (Å²) in [6.45, 7) is 1.69. The normalized spacial score (nSPS) is 12.2. The number of fused-ring (bicyclic) bond motifs is 1. The lowest BCUT2D eigenvalue weighted by molar-refractivity contribution is 0.596. The Labute approximate surface area is 123 Å². The van der Waals surface area contributed by atoms with Crippen LogP contribution in [0.2, 0.25) is 0 Å². The first kappa shape index (κ1) is 13.6. The summed E-state index contributed by atoms with van der Waals surface area (Å²) in [5, 5.41) is 1.21. The molecule has 0 amide bonds. The van der Waals surface area contributed by atoms with Crippen LogP contribution in [-0.4, -0.2) is 17.4 Å². The molecule has 3 aromatic rings. The number of aromatic nitrogens is 2. The predicted molar refractivity (Wildman–Crippen MR) is 84.3 cm³/mol. The predicted octanol–water partition coefficient (Wildman–Crippen LogP) is 3.19. The Kier molecular flexibility index (Phi) is 3.35. The molecule has 0 spiro atoms. The van der Waals surface area contributed by atoms with E-state index in [0.717, 1.165) is 5.56 Å². The summed E-state index contributed by atoms with van der Waals surface area (Å²) in [5.41, 5.74) is 2.10. The average molecular weight is 298 g/mol. The van der Waals surface area contributed by atoms with E-state index in [9.17, 15) is 8.42 Å². The fourth-order valence-electron chi connectivity index (χ4n) is 2.24. The molecule has 0 aliphatic carbocycles. The van der Waals surface area contributed by atoms with Crippen molar-refractivity contribution in [2.45, 2.75) is 6.92 Å². The van der Waals surface area contributed by atoms with E-state index in [1.807, 2.05) is 36.4 Å². The molecule has 0 N–H and O–H groups in total. The molecule has 0 bridgehead atoms. The molecule has 1 heterocycles. The van der Waals surface area contributed by atoms with E-state index in [0.29, 0.717) is 16.9 Å². The van der Waals surface area contributed by atoms with Crippen LogP contribution in [-0.2, 0) is 10.0 Å². The maximum Gasteiger partial charge on any atom is 0.262 e. The first-order chi connectivity index (χ1) is 10.1. The van der Waals surface area contributed by atoms with E-state index in [-0.39, 0.29) is 0 Å². The van der Waals surface area contributed by atoms with Gasteiger partial charge in [0.05, 0.1) is 16.4 Å². The van der Waals surface area contributed by atoms with Gasteiger partial charge in [-0.2, -0.15) is 0 Å². The number of hydrogen-bond donors (Lipinski definition) is 0. The second-order valence-corrected chi connectivity index (χ2v) is 6.34. The van der Waals surface area contributed by atoms with Crippen molar-refractivity contribution in [3.05, 3.63) is 71.4 Å². The molecule has 4 nitrogen and oxygen atoms in total. The van der Waals surface area contributed by atoms with E-state index >= 15 is 0 Å². The Morgan fingerprint density at radius 1 is 1.00 bits per heavy atom. The molecule has 0 unspecified atom stereocenters. The van der Waals surface area contributed by atoms with Gasteiger partial charge in [0.25, 0.3) is 10.0 Å². The first-order valence-corrected chi connectivity index (χ1v) is 8.01. The monoisotopic (exact) mass is 298 g/mol. The maximum atomic E-state index is 12.5. The van der Waals surface area contributed by atoms with Gasteiger partial charge in [-0.1, -0.05) is 42.5 Å². The molecule has 0 saturated heterocycles. The van der Waals surface area contributed by atoms with Gasteiger partial charge < -0.3 is 0 Å². The third kappa shape index (κ3) is 2.60. The number of rotatable bonds is 3. The molecular formula is C16H14N2O2S. The smallest absolute Gasteiger partial charge is 0.232 e. The summed E-state index contributed by atoms with van der Waals surface area (Å²) in [4.78, 5) is 4.28. The van der Waals surface area contributed by atoms with Crippen molar-refractivity contribution in [1.29, 1.82) is 0 Å². The van der Waals surface area contributed by atoms with Gasteiger partial charge in [0.15, 0.2) is 0 Å². The number of para-hydroxylation sites is 2. The summed E-state index contributed by atoms with van der Waals surface area (Å²) in [6, 6.07) is 16.5. The Morgan fingerprint density at radius 2 is 1.67 bits per heavy atom. The summed E-state index contributed by atoms with van der Waals surface area (Å²) < 4.78 is 26.3. The molecule has 0 aliphatic heterocycles. The minimum absolute atomic E-state index is 0.453. The Bertz CT molecular complexity index is 910. The lowest BCUT2D eigenvalue weighted by Crippen LogP contribution is -2.10. The van der Waals surface area contributed by atoms with Crippen LogP contribution in [0.1, 0.15) is 11.4 Å². The van der Waals surface area contributed by atoms with Gasteiger partial charge >= 0.3 is 0 Å². The van der Waals surface area contributed by atoms with Crippen molar-refractivity contribution in [2.75, 3.05) is 0 Å². The average Bonchev–Trinajstić information content (AvgIpc) is 2.83. The number of benzene rings is 2. The molecule has 21 heavy (non-hydrogen) atoms. The van der Waals surface area contributed by atoms with Crippen molar-refractivity contribution in [2.24, 2.45) is 0 Å². The number of hydrogen-bond acceptors (Lipinski definition) is 3. The first-order valence-electron chi connectivity index (χ1n) is 6.51. The molecule has 1 aromatic heterocycles. The van der Waals surface area contributed by atoms with Gasteiger partial charge in [-0.05, 0) is 30.7 Å². The Morgan fingerprint density at radius 3 is 2.43 bits per heavy atom. The van der Waals surface area contributed by atoms with E-state index in [1.54, 1.807) is 31.2 Å². The third-order valence-corrected chi connectivity index (χ3v) is 4.61. The third-order valence-electron chi connectivity index (χ3n) is 3.16. The molecule has 5 heteroatoms. The highest BCUT2D eigenvalue weighted by atomic mass is 32.2. The van der Waals surface area contributed by atoms with Crippen LogP contribution in [0.5, 0.6) is 0 Å². The summed E-state index contributed by atoms with van der Waals surface area (Å²) in [7, 11) is -3.60. The van der Waals surface area contributed by atoms with Crippen LogP contribution in [0.3, 0.4) is 0 Å². The molecule has 0 saturated carbocycles. The largest absolute Gasteiger partial charge is 0.262 e. The van der Waals surface area contributed by atoms with Gasteiger partial charge in [-0.25, -0.2) is 17.4 Å². The highest BCUT2D eigenvalue weighted by molar-refractivity contribution is 7.93. The minimum atomic E-state index is -3.60. The molecular weight excluding hydrogens is 284 g/mol. The quantitative estimate of drug-likeness (QED) is 0.746. The minimum Gasteiger partial charge on any atom is -0.232 e. The SMILES string of the molecule is Cc1nc2ccccc2n1S(=O)(=O)C=Cc1ccccc1. The molecule has 106 valence electrons. The molecule has 3 rings (SSSR count). The zero-order chi connectivity index (χ0) is 14.9. The van der Waals surface area contributed by atoms with Crippen molar-refractivity contribution in [1.82, 2.24) is 8.96 Å². The van der Waals surface area contributed by atoms with Crippen LogP contribution in [0, 0.1) is 6.92 Å². The van der Waals surface area contributed by atoms with E-state index < -0.39 is 10.0 Å². The number of nitrogens with zero attached hydrogens (tertiary/aromatic N) is 2. The van der Waals surface area contributed by atoms with E-state index in [2.05, 4.69) is 4.98 Å². The van der Waals surface area contributed by atoms with Gasteiger partial charge in [0, 0.05) is 0 Å². The topological polar surface area (TPSA) is 52.0 Å². The molecule has 2 aromatic carbocycles. The van der Waals surface area contributed by atoms with Crippen LogP contribution in [0.25, 0.3) is 17.1 Å². The van der Waals surface area contributed by atoms with Crippen molar-refractivity contribution in [3.63, 3.8) is 0 Å². The second kappa shape index (κ2) is 5.18. The maximum absolute atomic E-state index is 12.5. The standard InChI is InChI=1S/C16H14N2O2S/c1-13-17-15-9-5-6-10-16(15)18(13)21(19,20)12-11-14-7-3-2-4-8-14/h2-12H,1H3. The van der Waals surface area contributed by atoms with E-state index in [4.69, 9.17) is 0 Å². The highest BCUT2D eigenvalue weighted by Crippen LogP contribution is 2.19. The number of aryl methyl sites for hydroxylation is 1. The summed E-state index contributed by atoms with van der Waals surface area (Å²) in [6.07, 6.45) is 1.59. The van der Waals surface area contributed by atoms with Gasteiger partial charge in [0.1, 0.15) is 5.82 Å². The number of imidazole rings is 1. The van der Waals surface area contributed by atoms with Gasteiger partial charge in [-0.15, -0.1) is 0 Å². The fourth-order valence-corrected chi connectivity index (χ4v) is 3.52. The molecule has 0 atom stereocenters. The Balaban J connectivity index is 2.09. The van der Waals surface area contributed by atoms with Crippen molar-refractivity contribution < 1.29 is 8.42 Å². The van der Waals surface area contributed by atoms with Crippen LogP contribution < -0.4 is 0 Å². The van der Waals surface area contributed by atoms with Crippen LogP contribution in [0.4, 0.5) is 0 Å². The van der Waals surface area contributed by atoms with Crippen molar-refractivity contribution in [3.8, 4) is 0 Å². The summed E-state index contributed by atoms with van der Waals surface area (Å²) in [5.74, 6) is 0.453. The fraction of sp³-hybridized carbons (Fsp3) is 0.0625. The summed E-state index contributed by atoms with van der Waals surface area (Å²) >= 11 is 0. The molecule has 0 radical (unpaired) electrons. The second-order valence-electron chi connectivity index (χ2n) is 4.67.